The molecule has 0 saturated heterocycles. The van der Waals surface area contributed by atoms with Crippen LogP contribution in [-0.4, -0.2) is 51.2 Å². The Morgan fingerprint density at radius 2 is 1.90 bits per heavy atom. The minimum absolute atomic E-state index is 0. The highest BCUT2D eigenvalue weighted by atomic mass is 127. The van der Waals surface area contributed by atoms with Gasteiger partial charge in [-0.2, -0.15) is 0 Å². The van der Waals surface area contributed by atoms with E-state index >= 15 is 0 Å². The largest absolute Gasteiger partial charge is 0.468 e. The smallest absolute Gasteiger partial charge is 0.191 e. The van der Waals surface area contributed by atoms with Crippen LogP contribution in [-0.2, 0) is 4.74 Å². The van der Waals surface area contributed by atoms with Gasteiger partial charge >= 0.3 is 0 Å². The van der Waals surface area contributed by atoms with Gasteiger partial charge in [-0.1, -0.05) is 30.3 Å². The summed E-state index contributed by atoms with van der Waals surface area (Å²) in [4.78, 5) is 6.84. The van der Waals surface area contributed by atoms with Gasteiger partial charge in [-0.05, 0) is 52.1 Å². The van der Waals surface area contributed by atoms with E-state index in [1.54, 1.807) is 6.26 Å². The van der Waals surface area contributed by atoms with E-state index in [-0.39, 0.29) is 36.1 Å². The molecule has 2 aromatic rings. The van der Waals surface area contributed by atoms with E-state index in [0.29, 0.717) is 13.2 Å². The zero-order valence-electron chi connectivity index (χ0n) is 17.9. The average molecular weight is 514 g/mol. The molecule has 0 radical (unpaired) electrons. The molecular weight excluding hydrogens is 479 g/mol. The van der Waals surface area contributed by atoms with Gasteiger partial charge in [-0.15, -0.1) is 24.0 Å². The number of nitrogens with zero attached hydrogens (tertiary/aromatic N) is 2. The molecule has 0 fully saturated rings. The van der Waals surface area contributed by atoms with E-state index < -0.39 is 0 Å². The van der Waals surface area contributed by atoms with Crippen molar-refractivity contribution in [3.05, 3.63) is 60.1 Å². The zero-order valence-corrected chi connectivity index (χ0v) is 20.3. The van der Waals surface area contributed by atoms with Crippen molar-refractivity contribution in [1.82, 2.24) is 15.5 Å². The monoisotopic (exact) mass is 514 g/mol. The van der Waals surface area contributed by atoms with E-state index in [2.05, 4.69) is 41.5 Å². The lowest BCUT2D eigenvalue weighted by atomic mass is 10.1. The van der Waals surface area contributed by atoms with Gasteiger partial charge in [0.05, 0.1) is 25.0 Å². The van der Waals surface area contributed by atoms with E-state index in [0.717, 1.165) is 31.2 Å². The molecule has 0 spiro atoms. The van der Waals surface area contributed by atoms with Crippen LogP contribution in [0.3, 0.4) is 0 Å². The summed E-state index contributed by atoms with van der Waals surface area (Å²) in [5.74, 6) is 1.74. The number of hydrogen-bond donors (Lipinski definition) is 2. The average Bonchev–Trinajstić information content (AvgIpc) is 3.22. The van der Waals surface area contributed by atoms with Gasteiger partial charge in [0, 0.05) is 19.7 Å². The summed E-state index contributed by atoms with van der Waals surface area (Å²) in [5.41, 5.74) is 1.21. The second-order valence-electron chi connectivity index (χ2n) is 6.92. The van der Waals surface area contributed by atoms with Crippen molar-refractivity contribution in [2.45, 2.75) is 32.4 Å². The molecule has 0 bridgehead atoms. The van der Waals surface area contributed by atoms with Crippen LogP contribution in [0.5, 0.6) is 0 Å². The maximum Gasteiger partial charge on any atom is 0.191 e. The topological polar surface area (TPSA) is 62.0 Å². The number of furan rings is 1. The fourth-order valence-corrected chi connectivity index (χ4v) is 2.87. The third-order valence-electron chi connectivity index (χ3n) is 4.51. The van der Waals surface area contributed by atoms with Crippen LogP contribution in [0.4, 0.5) is 0 Å². The molecule has 0 amide bonds. The number of likely N-dealkylation sites (N-methyl/N-ethyl adjacent to an activating group) is 1. The summed E-state index contributed by atoms with van der Waals surface area (Å²) < 4.78 is 11.5. The number of halogens is 1. The minimum Gasteiger partial charge on any atom is -0.468 e. The Kier molecular flexibility index (Phi) is 12.6. The molecule has 162 valence electrons. The first-order valence-corrected chi connectivity index (χ1v) is 10.00. The predicted molar refractivity (Wildman–Crippen MR) is 130 cm³/mol. The van der Waals surface area contributed by atoms with E-state index in [1.807, 2.05) is 44.4 Å². The SMILES string of the molecule is CCNC(=NCC(c1ccco1)N(C)C)NCCCOC(C)c1ccccc1.I. The van der Waals surface area contributed by atoms with Gasteiger partial charge in [0.2, 0.25) is 0 Å². The highest BCUT2D eigenvalue weighted by Gasteiger charge is 2.16. The van der Waals surface area contributed by atoms with Crippen molar-refractivity contribution in [2.24, 2.45) is 4.99 Å². The molecule has 7 heteroatoms. The van der Waals surface area contributed by atoms with Crippen LogP contribution in [0, 0.1) is 0 Å². The first-order valence-electron chi connectivity index (χ1n) is 10.00. The maximum absolute atomic E-state index is 5.93. The molecule has 2 rings (SSSR count). The standard InChI is InChI=1S/C22H34N4O2.HI/c1-5-23-22(25-17-20(26(3)4)21-13-9-15-28-21)24-14-10-16-27-18(2)19-11-7-6-8-12-19;/h6-9,11-13,15,18,20H,5,10,14,16-17H2,1-4H3,(H2,23,24,25);1H. The van der Waals surface area contributed by atoms with Crippen LogP contribution >= 0.6 is 24.0 Å². The fraction of sp³-hybridized carbons (Fsp3) is 0.500. The molecule has 2 N–H and O–H groups in total. The molecular formula is C22H35IN4O2. The number of ether oxygens (including phenoxy) is 1. The Hall–Kier alpha value is -1.58. The third-order valence-corrected chi connectivity index (χ3v) is 4.51. The van der Waals surface area contributed by atoms with Crippen LogP contribution < -0.4 is 10.6 Å². The Morgan fingerprint density at radius 1 is 1.14 bits per heavy atom. The molecule has 0 aliphatic heterocycles. The molecule has 29 heavy (non-hydrogen) atoms. The number of rotatable bonds is 11. The van der Waals surface area contributed by atoms with Gasteiger partial charge < -0.3 is 19.8 Å². The van der Waals surface area contributed by atoms with Crippen LogP contribution in [0.2, 0.25) is 0 Å². The summed E-state index contributed by atoms with van der Waals surface area (Å²) >= 11 is 0. The van der Waals surface area contributed by atoms with Crippen LogP contribution in [0.1, 0.15) is 43.7 Å². The number of nitrogens with one attached hydrogen (secondary N) is 2. The number of benzene rings is 1. The number of guanidine groups is 1. The Bertz CT molecular complexity index is 677. The lowest BCUT2D eigenvalue weighted by Crippen LogP contribution is -2.38. The lowest BCUT2D eigenvalue weighted by Gasteiger charge is -2.21. The summed E-state index contributed by atoms with van der Waals surface area (Å²) in [6.45, 7) is 7.11. The summed E-state index contributed by atoms with van der Waals surface area (Å²) in [6, 6.07) is 14.3. The minimum atomic E-state index is 0. The fourth-order valence-electron chi connectivity index (χ4n) is 2.87. The summed E-state index contributed by atoms with van der Waals surface area (Å²) in [7, 11) is 4.07. The van der Waals surface area contributed by atoms with Crippen molar-refractivity contribution in [1.29, 1.82) is 0 Å². The lowest BCUT2D eigenvalue weighted by molar-refractivity contribution is 0.0646. The van der Waals surface area contributed by atoms with E-state index in [9.17, 15) is 0 Å². The molecule has 2 unspecified atom stereocenters. The molecule has 0 saturated carbocycles. The Balaban J connectivity index is 0.00000420. The molecule has 6 nitrogen and oxygen atoms in total. The number of aliphatic imine (C=N–C) groups is 1. The maximum atomic E-state index is 5.93. The van der Waals surface area contributed by atoms with Crippen molar-refractivity contribution in [3.8, 4) is 0 Å². The normalized spacial score (nSPS) is 13.6. The molecule has 1 heterocycles. The van der Waals surface area contributed by atoms with Gasteiger partial charge in [0.25, 0.3) is 0 Å². The first kappa shape index (κ1) is 25.5. The van der Waals surface area contributed by atoms with Crippen LogP contribution in [0.25, 0.3) is 0 Å². The van der Waals surface area contributed by atoms with Gasteiger partial charge in [0.1, 0.15) is 5.76 Å². The van der Waals surface area contributed by atoms with Crippen LogP contribution in [0.15, 0.2) is 58.1 Å². The highest BCUT2D eigenvalue weighted by Crippen LogP contribution is 2.19. The van der Waals surface area contributed by atoms with E-state index in [4.69, 9.17) is 14.1 Å². The second kappa shape index (κ2) is 14.4. The Labute approximate surface area is 192 Å². The van der Waals surface area contributed by atoms with Crippen molar-refractivity contribution in [3.63, 3.8) is 0 Å². The van der Waals surface area contributed by atoms with E-state index in [1.165, 1.54) is 5.56 Å². The van der Waals surface area contributed by atoms with Crippen molar-refractivity contribution >= 4 is 29.9 Å². The zero-order chi connectivity index (χ0) is 20.2. The first-order chi connectivity index (χ1) is 13.6. The van der Waals surface area contributed by atoms with Gasteiger partial charge in [0.15, 0.2) is 5.96 Å². The highest BCUT2D eigenvalue weighted by molar-refractivity contribution is 14.0. The Morgan fingerprint density at radius 3 is 2.52 bits per heavy atom. The molecule has 0 aliphatic rings. The predicted octanol–water partition coefficient (Wildman–Crippen LogP) is 4.22. The quantitative estimate of drug-likeness (QED) is 0.204. The molecule has 2 atom stereocenters. The molecule has 0 aliphatic carbocycles. The van der Waals surface area contributed by atoms with Gasteiger partial charge in [-0.25, -0.2) is 0 Å². The molecule has 1 aromatic carbocycles. The van der Waals surface area contributed by atoms with Crippen molar-refractivity contribution < 1.29 is 9.15 Å². The third kappa shape index (κ3) is 9.18. The molecule has 1 aromatic heterocycles. The summed E-state index contributed by atoms with van der Waals surface area (Å²) in [6.07, 6.45) is 2.73. The summed E-state index contributed by atoms with van der Waals surface area (Å²) in [5, 5.41) is 6.68. The number of hydrogen-bond acceptors (Lipinski definition) is 4. The van der Waals surface area contributed by atoms with Gasteiger partial charge in [-0.3, -0.25) is 9.89 Å². The van der Waals surface area contributed by atoms with Crippen molar-refractivity contribution in [2.75, 3.05) is 40.3 Å². The second-order valence-corrected chi connectivity index (χ2v) is 6.92.